The molecule has 26 heavy (non-hydrogen) atoms. The average Bonchev–Trinajstić information content (AvgIpc) is 3.06. The Kier molecular flexibility index (Phi) is 11.0. The molecule has 1 aromatic carbocycles. The van der Waals surface area contributed by atoms with E-state index >= 15 is 0 Å². The Morgan fingerprint density at radius 3 is 2.46 bits per heavy atom. The Morgan fingerprint density at radius 1 is 1.31 bits per heavy atom. The Hall–Kier alpha value is -1.59. The van der Waals surface area contributed by atoms with Gasteiger partial charge in [-0.2, -0.15) is 0 Å². The van der Waals surface area contributed by atoms with Gasteiger partial charge in [0.2, 0.25) is 6.41 Å². The van der Waals surface area contributed by atoms with Crippen LogP contribution >= 0.6 is 11.8 Å². The molecule has 0 aromatic heterocycles. The molecule has 0 bridgehead atoms. The summed E-state index contributed by atoms with van der Waals surface area (Å²) >= 11 is 1.81. The molecule has 2 aliphatic heterocycles. The maximum absolute atomic E-state index is 10.2. The topological polar surface area (TPSA) is 44.7 Å². The van der Waals surface area contributed by atoms with Crippen LogP contribution in [0.25, 0.3) is 4.91 Å². The molecular formula is C21H33N3OS. The predicted octanol–water partition coefficient (Wildman–Crippen LogP) is 4.57. The van der Waals surface area contributed by atoms with Crippen molar-refractivity contribution in [1.82, 2.24) is 10.2 Å². The summed E-state index contributed by atoms with van der Waals surface area (Å²) in [5.41, 5.74) is 3.36. The Balaban J connectivity index is 0.000000313. The molecule has 144 valence electrons. The van der Waals surface area contributed by atoms with Gasteiger partial charge in [0.05, 0.1) is 5.70 Å². The lowest BCUT2D eigenvalue weighted by atomic mass is 10.1. The Labute approximate surface area is 163 Å². The van der Waals surface area contributed by atoms with Gasteiger partial charge in [-0.25, -0.2) is 0 Å². The van der Waals surface area contributed by atoms with E-state index in [-0.39, 0.29) is 0 Å². The van der Waals surface area contributed by atoms with E-state index in [0.29, 0.717) is 13.0 Å². The fraction of sp³-hybridized carbons (Fsp3) is 0.524. The lowest BCUT2D eigenvalue weighted by Gasteiger charge is -2.12. The summed E-state index contributed by atoms with van der Waals surface area (Å²) in [5.74, 6) is 0.932. The van der Waals surface area contributed by atoms with Crippen molar-refractivity contribution in [3.8, 4) is 0 Å². The molecule has 0 saturated carbocycles. The van der Waals surface area contributed by atoms with Gasteiger partial charge < -0.3 is 10.2 Å². The fourth-order valence-electron chi connectivity index (χ4n) is 2.76. The first-order valence-corrected chi connectivity index (χ1v) is 10.4. The average molecular weight is 376 g/mol. The molecule has 1 fully saturated rings. The first-order valence-electron chi connectivity index (χ1n) is 9.44. The minimum Gasteiger partial charge on any atom is -0.355 e. The number of nitrogens with one attached hydrogen (secondary N) is 1. The van der Waals surface area contributed by atoms with Crippen molar-refractivity contribution >= 4 is 29.3 Å². The predicted molar refractivity (Wildman–Crippen MR) is 116 cm³/mol. The van der Waals surface area contributed by atoms with Gasteiger partial charge in [-0.1, -0.05) is 38.1 Å². The summed E-state index contributed by atoms with van der Waals surface area (Å²) in [6.07, 6.45) is 5.45. The number of likely N-dealkylation sites (tertiary alicyclic amines) is 1. The highest BCUT2D eigenvalue weighted by Gasteiger charge is 2.14. The second-order valence-corrected chi connectivity index (χ2v) is 7.24. The van der Waals surface area contributed by atoms with E-state index in [1.54, 1.807) is 11.8 Å². The van der Waals surface area contributed by atoms with Crippen LogP contribution in [-0.4, -0.2) is 42.9 Å². The van der Waals surface area contributed by atoms with Crippen LogP contribution in [0.1, 0.15) is 51.7 Å². The maximum atomic E-state index is 10.2. The largest absolute Gasteiger partial charge is 0.355 e. The van der Waals surface area contributed by atoms with Crippen molar-refractivity contribution in [1.29, 1.82) is 0 Å². The van der Waals surface area contributed by atoms with Crippen LogP contribution in [0.4, 0.5) is 0 Å². The van der Waals surface area contributed by atoms with Gasteiger partial charge in [-0.15, -0.1) is 11.8 Å². The van der Waals surface area contributed by atoms with E-state index in [0.717, 1.165) is 23.1 Å². The smallest absolute Gasteiger partial charge is 0.207 e. The van der Waals surface area contributed by atoms with Crippen molar-refractivity contribution in [3.05, 3.63) is 41.1 Å². The van der Waals surface area contributed by atoms with Gasteiger partial charge in [0.1, 0.15) is 0 Å². The zero-order valence-corrected chi connectivity index (χ0v) is 17.6. The van der Waals surface area contributed by atoms with Crippen molar-refractivity contribution in [2.45, 2.75) is 53.1 Å². The third-order valence-electron chi connectivity index (χ3n) is 4.41. The van der Waals surface area contributed by atoms with Gasteiger partial charge >= 0.3 is 0 Å². The van der Waals surface area contributed by atoms with Crippen molar-refractivity contribution in [3.63, 3.8) is 0 Å². The molecule has 0 spiro atoms. The van der Waals surface area contributed by atoms with E-state index in [1.165, 1.54) is 29.9 Å². The summed E-state index contributed by atoms with van der Waals surface area (Å²) in [5, 5.41) is 2.65. The number of hydrogen-bond donors (Lipinski definition) is 1. The molecule has 4 nitrogen and oxygen atoms in total. The van der Waals surface area contributed by atoms with Gasteiger partial charge in [0.15, 0.2) is 0 Å². The number of nitrogens with zero attached hydrogens (tertiary/aromatic N) is 2. The second kappa shape index (κ2) is 12.7. The minimum atomic E-state index is 0.576. The van der Waals surface area contributed by atoms with Crippen LogP contribution in [0.15, 0.2) is 35.0 Å². The number of hydrogen-bond acceptors (Lipinski definition) is 4. The molecule has 0 radical (unpaired) electrons. The van der Waals surface area contributed by atoms with Crippen LogP contribution in [0.2, 0.25) is 0 Å². The van der Waals surface area contributed by atoms with Crippen LogP contribution in [0.5, 0.6) is 0 Å². The Morgan fingerprint density at radius 2 is 2.00 bits per heavy atom. The SMILES string of the molecule is CC.CC1=C(c2ccc(CNC=O)cc2)SCC=N1.C[C@@H]1CCCN1C. The lowest BCUT2D eigenvalue weighted by Crippen LogP contribution is -2.20. The molecular weight excluding hydrogens is 342 g/mol. The molecule has 0 unspecified atom stereocenters. The normalized spacial score (nSPS) is 19.2. The van der Waals surface area contributed by atoms with E-state index in [9.17, 15) is 4.79 Å². The minimum absolute atomic E-state index is 0.576. The fourth-order valence-corrected chi connectivity index (χ4v) is 3.64. The monoisotopic (exact) mass is 375 g/mol. The number of benzene rings is 1. The zero-order chi connectivity index (χ0) is 19.4. The third kappa shape index (κ3) is 7.34. The molecule has 1 aromatic rings. The lowest BCUT2D eigenvalue weighted by molar-refractivity contribution is -0.109. The van der Waals surface area contributed by atoms with Crippen molar-refractivity contribution in [2.75, 3.05) is 19.3 Å². The van der Waals surface area contributed by atoms with Gasteiger partial charge in [0.25, 0.3) is 0 Å². The molecule has 0 aliphatic carbocycles. The maximum Gasteiger partial charge on any atom is 0.207 e. The van der Waals surface area contributed by atoms with Crippen LogP contribution in [0, 0.1) is 0 Å². The number of carbonyl (C=O) groups excluding carboxylic acids is 1. The molecule has 1 amide bonds. The molecule has 1 N–H and O–H groups in total. The van der Waals surface area contributed by atoms with Crippen LogP contribution in [0.3, 0.4) is 0 Å². The van der Waals surface area contributed by atoms with Crippen molar-refractivity contribution in [2.24, 2.45) is 4.99 Å². The third-order valence-corrected chi connectivity index (χ3v) is 5.54. The van der Waals surface area contributed by atoms with Gasteiger partial charge in [-0.3, -0.25) is 9.79 Å². The number of aliphatic imine (C=N–C) groups is 1. The van der Waals surface area contributed by atoms with Gasteiger partial charge in [0, 0.05) is 29.5 Å². The number of carbonyl (C=O) groups is 1. The first-order chi connectivity index (χ1) is 12.6. The summed E-state index contributed by atoms with van der Waals surface area (Å²) in [4.78, 5) is 18.2. The number of thioether (sulfide) groups is 1. The molecule has 2 aliphatic rings. The standard InChI is InChI=1S/C13H14N2OS.C6H13N.C2H6/c1-10-13(17-7-6-15-10)12-4-2-11(3-5-12)8-14-9-16;1-6-4-3-5-7(6)2;1-2/h2-6,9H,7-8H2,1H3,(H,14,16);6H,3-5H2,1-2H3;1-2H3/t;6-;/m.1./s1. The Bertz CT molecular complexity index is 588. The number of rotatable bonds is 4. The van der Waals surface area contributed by atoms with Crippen LogP contribution in [-0.2, 0) is 11.3 Å². The summed E-state index contributed by atoms with van der Waals surface area (Å²) in [7, 11) is 2.19. The zero-order valence-electron chi connectivity index (χ0n) is 16.8. The quantitative estimate of drug-likeness (QED) is 0.784. The summed E-state index contributed by atoms with van der Waals surface area (Å²) < 4.78 is 0. The van der Waals surface area contributed by atoms with E-state index < -0.39 is 0 Å². The molecule has 1 saturated heterocycles. The molecule has 2 heterocycles. The highest BCUT2D eigenvalue weighted by atomic mass is 32.2. The summed E-state index contributed by atoms with van der Waals surface area (Å²) in [6, 6.07) is 9.07. The molecule has 3 rings (SSSR count). The van der Waals surface area contributed by atoms with E-state index in [1.807, 2.05) is 39.1 Å². The molecule has 1 atom stereocenters. The highest BCUT2D eigenvalue weighted by Crippen LogP contribution is 2.33. The second-order valence-electron chi connectivity index (χ2n) is 6.20. The summed E-state index contributed by atoms with van der Waals surface area (Å²) in [6.45, 7) is 10.2. The highest BCUT2D eigenvalue weighted by molar-refractivity contribution is 8.08. The van der Waals surface area contributed by atoms with Crippen molar-refractivity contribution < 1.29 is 4.79 Å². The van der Waals surface area contributed by atoms with Gasteiger partial charge in [-0.05, 0) is 51.4 Å². The first kappa shape index (κ1) is 22.5. The number of allylic oxidation sites excluding steroid dienone is 1. The number of amides is 1. The van der Waals surface area contributed by atoms with E-state index in [2.05, 4.69) is 41.3 Å². The van der Waals surface area contributed by atoms with E-state index in [4.69, 9.17) is 0 Å². The molecule has 5 heteroatoms. The van der Waals surface area contributed by atoms with Crippen LogP contribution < -0.4 is 5.32 Å².